The molecule has 3 rings (SSSR count). The van der Waals surface area contributed by atoms with E-state index in [0.29, 0.717) is 6.04 Å². The molecule has 0 aliphatic heterocycles. The Morgan fingerprint density at radius 1 is 1.30 bits per heavy atom. The number of alkyl halides is 1. The molecule has 0 bridgehead atoms. The van der Waals surface area contributed by atoms with E-state index >= 15 is 0 Å². The SMILES string of the molecule is Cc1cc2ccccc2nc1N(CCCCl)C1CCC1. The number of para-hydroxylation sites is 1. The van der Waals surface area contributed by atoms with Crippen molar-refractivity contribution in [3.05, 3.63) is 35.9 Å². The number of benzene rings is 1. The van der Waals surface area contributed by atoms with Crippen LogP contribution in [-0.2, 0) is 0 Å². The second-order valence-electron chi connectivity index (χ2n) is 5.64. The van der Waals surface area contributed by atoms with Crippen molar-refractivity contribution in [3.63, 3.8) is 0 Å². The second-order valence-corrected chi connectivity index (χ2v) is 6.02. The lowest BCUT2D eigenvalue weighted by atomic mass is 9.91. The fourth-order valence-corrected chi connectivity index (χ4v) is 3.01. The van der Waals surface area contributed by atoms with Crippen LogP contribution in [0.5, 0.6) is 0 Å². The van der Waals surface area contributed by atoms with Crippen LogP contribution in [0.15, 0.2) is 30.3 Å². The van der Waals surface area contributed by atoms with Crippen LogP contribution in [0.25, 0.3) is 10.9 Å². The zero-order chi connectivity index (χ0) is 13.9. The van der Waals surface area contributed by atoms with Crippen molar-refractivity contribution in [1.82, 2.24) is 4.98 Å². The minimum Gasteiger partial charge on any atom is -0.353 e. The van der Waals surface area contributed by atoms with Gasteiger partial charge in [-0.1, -0.05) is 18.2 Å². The Morgan fingerprint density at radius 2 is 2.10 bits per heavy atom. The largest absolute Gasteiger partial charge is 0.353 e. The van der Waals surface area contributed by atoms with E-state index in [1.807, 2.05) is 0 Å². The minimum atomic E-state index is 0.658. The topological polar surface area (TPSA) is 16.1 Å². The van der Waals surface area contributed by atoms with Crippen molar-refractivity contribution in [2.75, 3.05) is 17.3 Å². The smallest absolute Gasteiger partial charge is 0.132 e. The van der Waals surface area contributed by atoms with E-state index in [1.165, 1.54) is 30.2 Å². The maximum Gasteiger partial charge on any atom is 0.132 e. The summed E-state index contributed by atoms with van der Waals surface area (Å²) in [6.45, 7) is 3.18. The van der Waals surface area contributed by atoms with Crippen molar-refractivity contribution >= 4 is 28.3 Å². The highest BCUT2D eigenvalue weighted by atomic mass is 35.5. The fourth-order valence-electron chi connectivity index (χ4n) is 2.89. The van der Waals surface area contributed by atoms with E-state index in [0.717, 1.165) is 30.2 Å². The van der Waals surface area contributed by atoms with Gasteiger partial charge >= 0.3 is 0 Å². The van der Waals surface area contributed by atoms with Crippen molar-refractivity contribution in [1.29, 1.82) is 0 Å². The Labute approximate surface area is 125 Å². The highest BCUT2D eigenvalue weighted by Crippen LogP contribution is 2.32. The van der Waals surface area contributed by atoms with Crippen LogP contribution in [0.4, 0.5) is 5.82 Å². The van der Waals surface area contributed by atoms with Crippen molar-refractivity contribution in [2.45, 2.75) is 38.6 Å². The molecule has 0 atom stereocenters. The first-order chi connectivity index (χ1) is 9.79. The minimum absolute atomic E-state index is 0.658. The van der Waals surface area contributed by atoms with Crippen LogP contribution in [0.2, 0.25) is 0 Å². The van der Waals surface area contributed by atoms with Gasteiger partial charge in [0.25, 0.3) is 0 Å². The van der Waals surface area contributed by atoms with Gasteiger partial charge in [0.1, 0.15) is 5.82 Å². The number of rotatable bonds is 5. The molecular weight excluding hydrogens is 268 g/mol. The van der Waals surface area contributed by atoms with Gasteiger partial charge in [0.2, 0.25) is 0 Å². The normalized spacial score (nSPS) is 15.3. The molecule has 1 fully saturated rings. The van der Waals surface area contributed by atoms with E-state index in [2.05, 4.69) is 42.2 Å². The summed E-state index contributed by atoms with van der Waals surface area (Å²) in [6, 6.07) is 11.3. The van der Waals surface area contributed by atoms with Gasteiger partial charge in [0, 0.05) is 23.9 Å². The lowest BCUT2D eigenvalue weighted by Gasteiger charge is -2.39. The summed E-state index contributed by atoms with van der Waals surface area (Å²) in [4.78, 5) is 7.39. The molecule has 1 heterocycles. The average Bonchev–Trinajstić information content (AvgIpc) is 2.40. The summed E-state index contributed by atoms with van der Waals surface area (Å²) in [5, 5.41) is 1.22. The molecule has 2 aromatic rings. The number of hydrogen-bond acceptors (Lipinski definition) is 2. The van der Waals surface area contributed by atoms with E-state index in [4.69, 9.17) is 16.6 Å². The number of aromatic nitrogens is 1. The summed E-state index contributed by atoms with van der Waals surface area (Å²) in [6.07, 6.45) is 4.94. The molecular formula is C17H21ClN2. The number of aryl methyl sites for hydroxylation is 1. The number of hydrogen-bond donors (Lipinski definition) is 0. The monoisotopic (exact) mass is 288 g/mol. The molecule has 1 aromatic heterocycles. The molecule has 1 saturated carbocycles. The fraction of sp³-hybridized carbons (Fsp3) is 0.471. The van der Waals surface area contributed by atoms with Gasteiger partial charge in [-0.15, -0.1) is 11.6 Å². The third-order valence-corrected chi connectivity index (χ3v) is 4.48. The van der Waals surface area contributed by atoms with Crippen LogP contribution >= 0.6 is 11.6 Å². The Bertz CT molecular complexity index is 593. The number of halogens is 1. The van der Waals surface area contributed by atoms with E-state index in [-0.39, 0.29) is 0 Å². The summed E-state index contributed by atoms with van der Waals surface area (Å²) in [5.74, 6) is 1.87. The molecule has 0 saturated heterocycles. The Balaban J connectivity index is 1.98. The van der Waals surface area contributed by atoms with Crippen LogP contribution in [0.1, 0.15) is 31.2 Å². The number of anilines is 1. The van der Waals surface area contributed by atoms with Crippen molar-refractivity contribution in [3.8, 4) is 0 Å². The first-order valence-electron chi connectivity index (χ1n) is 7.48. The van der Waals surface area contributed by atoms with Gasteiger partial charge in [0.05, 0.1) is 5.52 Å². The van der Waals surface area contributed by atoms with Crippen LogP contribution in [0.3, 0.4) is 0 Å². The number of pyridine rings is 1. The van der Waals surface area contributed by atoms with Gasteiger partial charge in [-0.2, -0.15) is 0 Å². The Morgan fingerprint density at radius 3 is 2.80 bits per heavy atom. The Kier molecular flexibility index (Phi) is 4.11. The number of nitrogens with zero attached hydrogens (tertiary/aromatic N) is 2. The third kappa shape index (κ3) is 2.62. The molecule has 20 heavy (non-hydrogen) atoms. The highest BCUT2D eigenvalue weighted by Gasteiger charge is 2.26. The third-order valence-electron chi connectivity index (χ3n) is 4.21. The second kappa shape index (κ2) is 6.01. The quantitative estimate of drug-likeness (QED) is 0.752. The van der Waals surface area contributed by atoms with Crippen LogP contribution < -0.4 is 4.90 Å². The van der Waals surface area contributed by atoms with Crippen LogP contribution in [0, 0.1) is 6.92 Å². The molecule has 2 nitrogen and oxygen atoms in total. The van der Waals surface area contributed by atoms with Gasteiger partial charge < -0.3 is 4.90 Å². The molecule has 0 radical (unpaired) electrons. The molecule has 1 aliphatic rings. The summed E-state index contributed by atoms with van der Waals surface area (Å²) in [7, 11) is 0. The van der Waals surface area contributed by atoms with Crippen LogP contribution in [-0.4, -0.2) is 23.5 Å². The lowest BCUT2D eigenvalue weighted by molar-refractivity contribution is 0.384. The van der Waals surface area contributed by atoms with Gasteiger partial charge in [-0.05, 0) is 50.3 Å². The molecule has 1 aromatic carbocycles. The van der Waals surface area contributed by atoms with Gasteiger partial charge in [-0.3, -0.25) is 0 Å². The predicted molar refractivity (Wildman–Crippen MR) is 86.8 cm³/mol. The first kappa shape index (κ1) is 13.7. The molecule has 1 aliphatic carbocycles. The maximum absolute atomic E-state index is 5.89. The molecule has 3 heteroatoms. The van der Waals surface area contributed by atoms with Gasteiger partial charge in [0.15, 0.2) is 0 Å². The highest BCUT2D eigenvalue weighted by molar-refractivity contribution is 6.17. The van der Waals surface area contributed by atoms with E-state index in [9.17, 15) is 0 Å². The Hall–Kier alpha value is -1.28. The van der Waals surface area contributed by atoms with Crippen molar-refractivity contribution in [2.24, 2.45) is 0 Å². The van der Waals surface area contributed by atoms with Gasteiger partial charge in [-0.25, -0.2) is 4.98 Å². The molecule has 106 valence electrons. The standard InChI is InChI=1S/C17H21ClN2/c1-13-12-14-6-2-3-9-16(14)19-17(13)20(11-5-10-18)15-7-4-8-15/h2-3,6,9,12,15H,4-5,7-8,10-11H2,1H3. The number of fused-ring (bicyclic) bond motifs is 1. The molecule has 0 spiro atoms. The zero-order valence-corrected chi connectivity index (χ0v) is 12.7. The maximum atomic E-state index is 5.89. The first-order valence-corrected chi connectivity index (χ1v) is 8.02. The molecule has 0 N–H and O–H groups in total. The summed E-state index contributed by atoms with van der Waals surface area (Å²) >= 11 is 5.89. The van der Waals surface area contributed by atoms with Crippen molar-refractivity contribution < 1.29 is 0 Å². The summed E-state index contributed by atoms with van der Waals surface area (Å²) < 4.78 is 0. The molecule has 0 amide bonds. The zero-order valence-electron chi connectivity index (χ0n) is 12.0. The van der Waals surface area contributed by atoms with E-state index in [1.54, 1.807) is 0 Å². The summed E-state index contributed by atoms with van der Waals surface area (Å²) in [5.41, 5.74) is 2.36. The average molecular weight is 289 g/mol. The molecule has 0 unspecified atom stereocenters. The lowest BCUT2D eigenvalue weighted by Crippen LogP contribution is -2.42. The van der Waals surface area contributed by atoms with E-state index < -0.39 is 0 Å². The predicted octanol–water partition coefficient (Wildman–Crippen LogP) is 4.53.